The SMILES string of the molecule is C/C=C(/Sc1ccccc1)C1(O)CCCCC1. The summed E-state index contributed by atoms with van der Waals surface area (Å²) in [4.78, 5) is 2.32. The summed E-state index contributed by atoms with van der Waals surface area (Å²) in [6.45, 7) is 2.03. The van der Waals surface area contributed by atoms with Gasteiger partial charge in [-0.05, 0) is 31.9 Å². The number of hydrogen-bond donors (Lipinski definition) is 1. The Morgan fingerprint density at radius 2 is 1.82 bits per heavy atom. The van der Waals surface area contributed by atoms with Crippen LogP contribution in [0.5, 0.6) is 0 Å². The highest BCUT2D eigenvalue weighted by molar-refractivity contribution is 8.03. The second kappa shape index (κ2) is 5.74. The Hall–Kier alpha value is -0.730. The molecule has 0 saturated heterocycles. The van der Waals surface area contributed by atoms with E-state index in [-0.39, 0.29) is 0 Å². The molecule has 1 aromatic carbocycles. The van der Waals surface area contributed by atoms with Crippen molar-refractivity contribution >= 4 is 11.8 Å². The summed E-state index contributed by atoms with van der Waals surface area (Å²) in [5.74, 6) is 0. The molecule has 0 radical (unpaired) electrons. The molecule has 0 spiro atoms. The van der Waals surface area contributed by atoms with E-state index in [2.05, 4.69) is 18.2 Å². The van der Waals surface area contributed by atoms with E-state index in [9.17, 15) is 5.11 Å². The van der Waals surface area contributed by atoms with Gasteiger partial charge in [0.15, 0.2) is 0 Å². The molecular weight excluding hydrogens is 228 g/mol. The van der Waals surface area contributed by atoms with E-state index in [4.69, 9.17) is 0 Å². The molecule has 0 aromatic heterocycles. The lowest BCUT2D eigenvalue weighted by Gasteiger charge is -2.34. The van der Waals surface area contributed by atoms with Gasteiger partial charge in [-0.25, -0.2) is 0 Å². The standard InChI is InChI=1S/C15H20OS/c1-2-14(15(16)11-7-4-8-12-15)17-13-9-5-3-6-10-13/h2-3,5-6,9-10,16H,4,7-8,11-12H2,1H3/b14-2+. The van der Waals surface area contributed by atoms with Crippen molar-refractivity contribution in [3.63, 3.8) is 0 Å². The Morgan fingerprint density at radius 3 is 2.41 bits per heavy atom. The van der Waals surface area contributed by atoms with Gasteiger partial charge in [-0.3, -0.25) is 0 Å². The summed E-state index contributed by atoms with van der Waals surface area (Å²) >= 11 is 1.71. The molecule has 1 saturated carbocycles. The Bertz CT molecular complexity index is 377. The predicted octanol–water partition coefficient (Wildman–Crippen LogP) is 4.38. The quantitative estimate of drug-likeness (QED) is 0.801. The molecule has 0 unspecified atom stereocenters. The average Bonchev–Trinajstić information content (AvgIpc) is 2.38. The molecule has 0 amide bonds. The van der Waals surface area contributed by atoms with Crippen LogP contribution < -0.4 is 0 Å². The fraction of sp³-hybridized carbons (Fsp3) is 0.467. The van der Waals surface area contributed by atoms with Crippen molar-refractivity contribution in [1.29, 1.82) is 0 Å². The van der Waals surface area contributed by atoms with Crippen LogP contribution in [0.2, 0.25) is 0 Å². The molecule has 1 N–H and O–H groups in total. The fourth-order valence-electron chi connectivity index (χ4n) is 2.42. The zero-order valence-electron chi connectivity index (χ0n) is 10.4. The van der Waals surface area contributed by atoms with E-state index in [1.165, 1.54) is 11.3 Å². The molecule has 0 atom stereocenters. The van der Waals surface area contributed by atoms with Crippen LogP contribution >= 0.6 is 11.8 Å². The van der Waals surface area contributed by atoms with Crippen molar-refractivity contribution in [2.75, 3.05) is 0 Å². The van der Waals surface area contributed by atoms with Crippen LogP contribution in [0.3, 0.4) is 0 Å². The van der Waals surface area contributed by atoms with Crippen LogP contribution in [0.25, 0.3) is 0 Å². The van der Waals surface area contributed by atoms with Crippen LogP contribution in [0.4, 0.5) is 0 Å². The molecule has 1 nitrogen and oxygen atoms in total. The predicted molar refractivity (Wildman–Crippen MR) is 74.1 cm³/mol. The van der Waals surface area contributed by atoms with Crippen LogP contribution in [0, 0.1) is 0 Å². The number of thioether (sulfide) groups is 1. The fourth-order valence-corrected chi connectivity index (χ4v) is 3.48. The summed E-state index contributed by atoms with van der Waals surface area (Å²) in [5, 5.41) is 10.7. The summed E-state index contributed by atoms with van der Waals surface area (Å²) in [6.07, 6.45) is 7.43. The van der Waals surface area contributed by atoms with Gasteiger partial charge in [0.2, 0.25) is 0 Å². The molecule has 2 heteroatoms. The number of rotatable bonds is 3. The van der Waals surface area contributed by atoms with E-state index in [0.717, 1.165) is 30.6 Å². The van der Waals surface area contributed by atoms with Crippen molar-refractivity contribution in [2.24, 2.45) is 0 Å². The second-order valence-corrected chi connectivity index (χ2v) is 5.78. The average molecular weight is 248 g/mol. The van der Waals surface area contributed by atoms with Gasteiger partial charge in [-0.15, -0.1) is 0 Å². The Balaban J connectivity index is 2.12. The molecule has 0 aliphatic heterocycles. The minimum Gasteiger partial charge on any atom is -0.385 e. The monoisotopic (exact) mass is 248 g/mol. The number of hydrogen-bond acceptors (Lipinski definition) is 2. The molecule has 1 aliphatic carbocycles. The number of aliphatic hydroxyl groups is 1. The van der Waals surface area contributed by atoms with Crippen molar-refractivity contribution in [3.05, 3.63) is 41.3 Å². The molecule has 2 rings (SSSR count). The summed E-state index contributed by atoms with van der Waals surface area (Å²) in [6, 6.07) is 10.3. The summed E-state index contributed by atoms with van der Waals surface area (Å²) in [5.41, 5.74) is -0.576. The van der Waals surface area contributed by atoms with Gasteiger partial charge >= 0.3 is 0 Å². The minimum atomic E-state index is -0.576. The minimum absolute atomic E-state index is 0.576. The van der Waals surface area contributed by atoms with E-state index in [0.29, 0.717) is 0 Å². The van der Waals surface area contributed by atoms with Crippen LogP contribution in [-0.2, 0) is 0 Å². The highest BCUT2D eigenvalue weighted by Crippen LogP contribution is 2.42. The first-order valence-electron chi connectivity index (χ1n) is 6.37. The third-order valence-electron chi connectivity index (χ3n) is 3.37. The Kier molecular flexibility index (Phi) is 4.30. The van der Waals surface area contributed by atoms with Gasteiger partial charge < -0.3 is 5.11 Å². The third-order valence-corrected chi connectivity index (χ3v) is 4.72. The first-order chi connectivity index (χ1) is 8.24. The van der Waals surface area contributed by atoms with Crippen LogP contribution in [0.1, 0.15) is 39.0 Å². The lowest BCUT2D eigenvalue weighted by molar-refractivity contribution is 0.0475. The molecule has 1 aromatic rings. The van der Waals surface area contributed by atoms with Crippen molar-refractivity contribution < 1.29 is 5.11 Å². The molecule has 17 heavy (non-hydrogen) atoms. The normalized spacial score (nSPS) is 20.2. The maximum Gasteiger partial charge on any atom is 0.0954 e. The van der Waals surface area contributed by atoms with Gasteiger partial charge in [0.25, 0.3) is 0 Å². The molecule has 0 bridgehead atoms. The van der Waals surface area contributed by atoms with Crippen molar-refractivity contribution in [3.8, 4) is 0 Å². The first-order valence-corrected chi connectivity index (χ1v) is 7.18. The molecule has 1 aliphatic rings. The first kappa shape index (κ1) is 12.7. The van der Waals surface area contributed by atoms with Gasteiger partial charge in [0.1, 0.15) is 0 Å². The largest absolute Gasteiger partial charge is 0.385 e. The molecule has 1 fully saturated rings. The van der Waals surface area contributed by atoms with Crippen LogP contribution in [-0.4, -0.2) is 10.7 Å². The van der Waals surface area contributed by atoms with Gasteiger partial charge in [0, 0.05) is 9.80 Å². The highest BCUT2D eigenvalue weighted by atomic mass is 32.2. The topological polar surface area (TPSA) is 20.2 Å². The third kappa shape index (κ3) is 3.14. The zero-order chi connectivity index (χ0) is 12.1. The molecule has 92 valence electrons. The maximum absolute atomic E-state index is 10.7. The van der Waals surface area contributed by atoms with Gasteiger partial charge in [0.05, 0.1) is 5.60 Å². The Labute approximate surface area is 108 Å². The van der Waals surface area contributed by atoms with E-state index in [1.54, 1.807) is 11.8 Å². The number of benzene rings is 1. The number of allylic oxidation sites excluding steroid dienone is 1. The zero-order valence-corrected chi connectivity index (χ0v) is 11.2. The summed E-state index contributed by atoms with van der Waals surface area (Å²) in [7, 11) is 0. The van der Waals surface area contributed by atoms with E-state index >= 15 is 0 Å². The second-order valence-electron chi connectivity index (χ2n) is 4.66. The van der Waals surface area contributed by atoms with Crippen LogP contribution in [0.15, 0.2) is 46.2 Å². The van der Waals surface area contributed by atoms with Crippen molar-refractivity contribution in [1.82, 2.24) is 0 Å². The van der Waals surface area contributed by atoms with Gasteiger partial charge in [-0.1, -0.05) is 55.3 Å². The lowest BCUT2D eigenvalue weighted by atomic mass is 9.84. The van der Waals surface area contributed by atoms with E-state index in [1.807, 2.05) is 25.1 Å². The summed E-state index contributed by atoms with van der Waals surface area (Å²) < 4.78 is 0. The highest BCUT2D eigenvalue weighted by Gasteiger charge is 2.33. The van der Waals surface area contributed by atoms with Gasteiger partial charge in [-0.2, -0.15) is 0 Å². The van der Waals surface area contributed by atoms with Crippen molar-refractivity contribution in [2.45, 2.75) is 49.5 Å². The Morgan fingerprint density at radius 1 is 1.18 bits per heavy atom. The maximum atomic E-state index is 10.7. The molecule has 0 heterocycles. The smallest absolute Gasteiger partial charge is 0.0954 e. The van der Waals surface area contributed by atoms with E-state index < -0.39 is 5.60 Å². The molecular formula is C15H20OS. The lowest BCUT2D eigenvalue weighted by Crippen LogP contribution is -2.32.